The number of anilines is 2. The number of β-amino-alcohol motifs (C(OH)–C–C–N with tert-alkyl or cyclic N) is 1. The number of hydrogen-bond donors (Lipinski definition) is 4. The maximum absolute atomic E-state index is 14.0. The Balaban J connectivity index is 0.726. The number of nitriles is 1. The number of likely N-dealkylation sites (tertiary alicyclic amines) is 1. The van der Waals surface area contributed by atoms with Gasteiger partial charge in [-0.15, -0.1) is 11.3 Å². The molecule has 2 saturated heterocycles. The van der Waals surface area contributed by atoms with Crippen molar-refractivity contribution in [3.05, 3.63) is 87.1 Å². The molecular formula is C57H71Cl2N9O11S. The maximum atomic E-state index is 14.0. The Morgan fingerprint density at radius 1 is 0.863 bits per heavy atom. The van der Waals surface area contributed by atoms with Gasteiger partial charge >= 0.3 is 0 Å². The highest BCUT2D eigenvalue weighted by atomic mass is 35.5. The second-order valence-electron chi connectivity index (χ2n) is 20.5. The predicted molar refractivity (Wildman–Crippen MR) is 306 cm³/mol. The highest BCUT2D eigenvalue weighted by molar-refractivity contribution is 7.13. The summed E-state index contributed by atoms with van der Waals surface area (Å²) >= 11 is 14.3. The Labute approximate surface area is 480 Å². The number of pyridine rings is 1. The number of hydrogen-bond acceptors (Lipinski definition) is 17. The number of nitrogens with one attached hydrogen (secondary N) is 3. The van der Waals surface area contributed by atoms with Gasteiger partial charge < -0.3 is 59.3 Å². The standard InChI is InChI=1S/C57H71Cl2N9O11S/c1-36-53(80-35-63-36)38-10-8-37(9-11-38)32-62-55(72)46-26-40(69)34-68(46)56(73)54(57(2,3)4)65-50(70)12-20-76-22-24-78-25-23-77-21-13-51(71)67-17-15-66(16-18-67)14-7-19-79-49-29-44-41(27-48(49)75-6)52(39(31-60)33-61-44)64-45-30-47(74-5)43(59)28-42(45)58/h8-11,27-30,33,35,40,46,54,69H,7,12-26,32,34H2,1-6H3,(H,61,64)(H,62,72)(H,65,70)/t40-,46+,54-/m1/s1. The zero-order chi connectivity index (χ0) is 57.3. The lowest BCUT2D eigenvalue weighted by Crippen LogP contribution is -2.57. The number of aryl methyl sites for hydroxylation is 1. The lowest BCUT2D eigenvalue weighted by atomic mass is 9.85. The molecule has 7 rings (SSSR count). The monoisotopic (exact) mass is 1160 g/mol. The fraction of sp³-hybridized carbons (Fsp3) is 0.491. The molecule has 2 fully saturated rings. The van der Waals surface area contributed by atoms with Gasteiger partial charge in [-0.3, -0.25) is 29.1 Å². The zero-order valence-corrected chi connectivity index (χ0v) is 48.4. The molecule has 5 aromatic rings. The quantitative estimate of drug-likeness (QED) is 0.0382. The van der Waals surface area contributed by atoms with E-state index in [2.05, 4.69) is 36.9 Å². The van der Waals surface area contributed by atoms with Crippen LogP contribution in [-0.2, 0) is 39.9 Å². The Hall–Kier alpha value is -6.35. The molecule has 0 spiro atoms. The van der Waals surface area contributed by atoms with Crippen molar-refractivity contribution in [1.82, 2.24) is 35.3 Å². The number of ether oxygens (including phenoxy) is 6. The van der Waals surface area contributed by atoms with Gasteiger partial charge in [0.1, 0.15) is 23.9 Å². The molecule has 4 heterocycles. The van der Waals surface area contributed by atoms with Crippen molar-refractivity contribution < 1.29 is 52.7 Å². The normalized spacial score (nSPS) is 16.1. The van der Waals surface area contributed by atoms with E-state index in [0.29, 0.717) is 88.0 Å². The molecule has 0 radical (unpaired) electrons. The minimum Gasteiger partial charge on any atom is -0.495 e. The van der Waals surface area contributed by atoms with Gasteiger partial charge in [0.25, 0.3) is 0 Å². The average Bonchev–Trinajstić information content (AvgIpc) is 4.13. The van der Waals surface area contributed by atoms with Crippen LogP contribution in [0.4, 0.5) is 11.4 Å². The van der Waals surface area contributed by atoms with E-state index in [9.17, 15) is 29.5 Å². The lowest BCUT2D eigenvalue weighted by molar-refractivity contribution is -0.144. The van der Waals surface area contributed by atoms with Gasteiger partial charge in [-0.25, -0.2) is 4.98 Å². The van der Waals surface area contributed by atoms with Crippen molar-refractivity contribution >= 4 is 80.4 Å². The number of aliphatic hydroxyl groups excluding tert-OH is 1. The van der Waals surface area contributed by atoms with E-state index in [1.54, 1.807) is 42.7 Å². The van der Waals surface area contributed by atoms with E-state index in [0.717, 1.165) is 47.8 Å². The molecule has 0 aliphatic carbocycles. The Bertz CT molecular complexity index is 2960. The third-order valence-corrected chi connectivity index (χ3v) is 15.4. The van der Waals surface area contributed by atoms with E-state index in [-0.39, 0.29) is 76.5 Å². The van der Waals surface area contributed by atoms with Crippen LogP contribution in [0.15, 0.2) is 60.2 Å². The molecule has 4 amide bonds. The molecular weight excluding hydrogens is 1090 g/mol. The summed E-state index contributed by atoms with van der Waals surface area (Å²) in [6.07, 6.45) is 1.72. The summed E-state index contributed by atoms with van der Waals surface area (Å²) < 4.78 is 34.1. The fourth-order valence-electron chi connectivity index (χ4n) is 9.34. The van der Waals surface area contributed by atoms with Crippen LogP contribution in [0.2, 0.25) is 10.0 Å². The number of rotatable bonds is 27. The molecule has 0 saturated carbocycles. The molecule has 2 aromatic heterocycles. The third kappa shape index (κ3) is 16.6. The van der Waals surface area contributed by atoms with Crippen molar-refractivity contribution in [3.63, 3.8) is 0 Å². The van der Waals surface area contributed by atoms with Crippen LogP contribution < -0.4 is 30.2 Å². The number of nitrogens with zero attached hydrogens (tertiary/aromatic N) is 6. The molecule has 2 aliphatic rings. The lowest BCUT2D eigenvalue weighted by Gasteiger charge is -2.35. The Kier molecular flexibility index (Phi) is 22.5. The van der Waals surface area contributed by atoms with Gasteiger partial charge in [0.05, 0.1) is 122 Å². The Morgan fingerprint density at radius 2 is 1.55 bits per heavy atom. The SMILES string of the molecule is COc1cc(Nc2c(C#N)cnc3cc(OCCCN4CCN(C(=O)CCOCCOCCOCCC(=O)N[C@H](C(=O)N5C[C@H](O)C[C@H]5C(=O)NCc5ccc(-c6scnc6C)cc5)C(C)(C)C)CC4)c(OC)cc23)c(Cl)cc1Cl. The third-order valence-electron chi connectivity index (χ3n) is 13.8. The van der Waals surface area contributed by atoms with Gasteiger partial charge in [0.15, 0.2) is 11.5 Å². The largest absolute Gasteiger partial charge is 0.495 e. The first-order valence-corrected chi connectivity index (χ1v) is 28.2. The highest BCUT2D eigenvalue weighted by Crippen LogP contribution is 2.41. The molecule has 3 aromatic carbocycles. The minimum atomic E-state index is -0.947. The maximum Gasteiger partial charge on any atom is 0.246 e. The van der Waals surface area contributed by atoms with Crippen molar-refractivity contribution in [2.75, 3.05) is 105 Å². The molecule has 430 valence electrons. The van der Waals surface area contributed by atoms with Crippen molar-refractivity contribution in [2.24, 2.45) is 5.41 Å². The van der Waals surface area contributed by atoms with Crippen LogP contribution in [0.25, 0.3) is 21.3 Å². The smallest absolute Gasteiger partial charge is 0.246 e. The van der Waals surface area contributed by atoms with E-state index in [1.165, 1.54) is 18.2 Å². The van der Waals surface area contributed by atoms with Crippen molar-refractivity contribution in [2.45, 2.75) is 78.1 Å². The number of carbonyl (C=O) groups excluding carboxylic acids is 4. The average molecular weight is 1160 g/mol. The second kappa shape index (κ2) is 29.4. The molecule has 20 nitrogen and oxygen atoms in total. The molecule has 0 bridgehead atoms. The number of aromatic nitrogens is 2. The van der Waals surface area contributed by atoms with Crippen LogP contribution in [0.1, 0.15) is 63.3 Å². The number of amides is 4. The summed E-state index contributed by atoms with van der Waals surface area (Å²) in [4.78, 5) is 68.9. The molecule has 23 heteroatoms. The minimum absolute atomic E-state index is 0.00553. The van der Waals surface area contributed by atoms with Crippen LogP contribution >= 0.6 is 34.5 Å². The molecule has 2 aliphatic heterocycles. The fourth-order valence-corrected chi connectivity index (χ4v) is 10.7. The summed E-state index contributed by atoms with van der Waals surface area (Å²) in [5, 5.41) is 30.9. The first-order valence-electron chi connectivity index (χ1n) is 26.6. The van der Waals surface area contributed by atoms with E-state index >= 15 is 0 Å². The summed E-state index contributed by atoms with van der Waals surface area (Å²) in [5.74, 6) is 0.265. The second-order valence-corrected chi connectivity index (χ2v) is 22.1. The molecule has 0 unspecified atom stereocenters. The first-order chi connectivity index (χ1) is 38.5. The summed E-state index contributed by atoms with van der Waals surface area (Å²) in [7, 11) is 3.05. The first kappa shape index (κ1) is 61.3. The van der Waals surface area contributed by atoms with Crippen LogP contribution in [-0.4, -0.2) is 171 Å². The number of aliphatic hydroxyl groups is 1. The number of methoxy groups -OCH3 is 2. The van der Waals surface area contributed by atoms with E-state index in [1.807, 2.05) is 62.4 Å². The van der Waals surface area contributed by atoms with Crippen LogP contribution in [0.5, 0.6) is 17.2 Å². The van der Waals surface area contributed by atoms with E-state index < -0.39 is 29.5 Å². The summed E-state index contributed by atoms with van der Waals surface area (Å²) in [5.41, 5.74) is 5.88. The summed E-state index contributed by atoms with van der Waals surface area (Å²) in [6, 6.07) is 15.0. The van der Waals surface area contributed by atoms with Gasteiger partial charge in [0.2, 0.25) is 23.6 Å². The topological polar surface area (TPSA) is 239 Å². The van der Waals surface area contributed by atoms with Gasteiger partial charge in [0, 0.05) is 82.4 Å². The number of fused-ring (bicyclic) bond motifs is 1. The number of benzene rings is 3. The highest BCUT2D eigenvalue weighted by Gasteiger charge is 2.44. The zero-order valence-electron chi connectivity index (χ0n) is 46.1. The Morgan fingerprint density at radius 3 is 2.20 bits per heavy atom. The number of carbonyl (C=O) groups is 4. The number of piperazine rings is 1. The van der Waals surface area contributed by atoms with Crippen LogP contribution in [0.3, 0.4) is 0 Å². The number of halogens is 2. The van der Waals surface area contributed by atoms with Gasteiger partial charge in [-0.1, -0.05) is 68.2 Å². The van der Waals surface area contributed by atoms with Gasteiger partial charge in [-0.05, 0) is 42.0 Å². The van der Waals surface area contributed by atoms with Crippen molar-refractivity contribution in [1.29, 1.82) is 5.26 Å². The number of thiazole rings is 1. The predicted octanol–water partition coefficient (Wildman–Crippen LogP) is 7.16. The molecule has 3 atom stereocenters. The van der Waals surface area contributed by atoms with Gasteiger partial charge in [-0.2, -0.15) is 5.26 Å². The molecule has 4 N–H and O–H groups in total. The van der Waals surface area contributed by atoms with E-state index in [4.69, 9.17) is 51.6 Å². The molecule has 80 heavy (non-hydrogen) atoms. The van der Waals surface area contributed by atoms with Crippen molar-refractivity contribution in [3.8, 4) is 33.8 Å². The van der Waals surface area contributed by atoms with Crippen LogP contribution in [0, 0.1) is 23.7 Å². The summed E-state index contributed by atoms with van der Waals surface area (Å²) in [6.45, 7) is 13.2.